The lowest BCUT2D eigenvalue weighted by molar-refractivity contribution is 0.439. The molecule has 0 aliphatic rings. The molecule has 0 aromatic heterocycles. The highest BCUT2D eigenvalue weighted by atomic mass is 79.9. The van der Waals surface area contributed by atoms with Crippen molar-refractivity contribution in [3.8, 4) is 17.6 Å². The third-order valence-electron chi connectivity index (χ3n) is 2.21. The molecule has 2 nitrogen and oxygen atoms in total. The second-order valence-corrected chi connectivity index (χ2v) is 4.20. The van der Waals surface area contributed by atoms with Gasteiger partial charge in [0.1, 0.15) is 17.6 Å². The maximum Gasteiger partial charge on any atom is 0.181 e. The van der Waals surface area contributed by atoms with Gasteiger partial charge >= 0.3 is 0 Å². The summed E-state index contributed by atoms with van der Waals surface area (Å²) in [5, 5.41) is 8.72. The highest BCUT2D eigenvalue weighted by Crippen LogP contribution is 2.31. The Morgan fingerprint density at radius 3 is 2.33 bits per heavy atom. The van der Waals surface area contributed by atoms with Crippen molar-refractivity contribution in [2.75, 3.05) is 0 Å². The third kappa shape index (κ3) is 2.49. The normalized spacial score (nSPS) is 9.89. The Morgan fingerprint density at radius 1 is 1.06 bits per heavy atom. The molecule has 5 heteroatoms. The summed E-state index contributed by atoms with van der Waals surface area (Å²) in [5.74, 6) is -0.790. The summed E-state index contributed by atoms with van der Waals surface area (Å²) in [6.07, 6.45) is 0. The van der Waals surface area contributed by atoms with E-state index in [9.17, 15) is 8.78 Å². The fourth-order valence-electron chi connectivity index (χ4n) is 1.33. The van der Waals surface area contributed by atoms with Crippen LogP contribution in [0.2, 0.25) is 0 Å². The lowest BCUT2D eigenvalue weighted by Gasteiger charge is -2.08. The minimum absolute atomic E-state index is 0.0347. The molecule has 0 spiro atoms. The van der Waals surface area contributed by atoms with E-state index in [1.54, 1.807) is 0 Å². The molecule has 0 aliphatic heterocycles. The number of hydrogen-bond donors (Lipinski definition) is 0. The zero-order valence-electron chi connectivity index (χ0n) is 8.95. The molecule has 0 saturated carbocycles. The van der Waals surface area contributed by atoms with E-state index in [0.29, 0.717) is 5.75 Å². The molecule has 0 amide bonds. The van der Waals surface area contributed by atoms with Crippen LogP contribution in [-0.2, 0) is 0 Å². The molecular weight excluding hydrogens is 304 g/mol. The average Bonchev–Trinajstić information content (AvgIpc) is 2.38. The quantitative estimate of drug-likeness (QED) is 0.824. The maximum absolute atomic E-state index is 13.8. The monoisotopic (exact) mass is 309 g/mol. The highest BCUT2D eigenvalue weighted by Gasteiger charge is 2.12. The number of ether oxygens (including phenoxy) is 1. The van der Waals surface area contributed by atoms with Crippen LogP contribution in [0.4, 0.5) is 8.78 Å². The van der Waals surface area contributed by atoms with Crippen LogP contribution < -0.4 is 4.74 Å². The molecule has 0 aliphatic carbocycles. The topological polar surface area (TPSA) is 33.0 Å². The van der Waals surface area contributed by atoms with Gasteiger partial charge in [0.25, 0.3) is 0 Å². The van der Waals surface area contributed by atoms with E-state index in [-0.39, 0.29) is 15.8 Å². The van der Waals surface area contributed by atoms with E-state index < -0.39 is 11.6 Å². The number of rotatable bonds is 2. The van der Waals surface area contributed by atoms with Gasteiger partial charge in [-0.05, 0) is 52.3 Å². The Hall–Kier alpha value is -1.93. The summed E-state index contributed by atoms with van der Waals surface area (Å²) < 4.78 is 31.8. The Kier molecular flexibility index (Phi) is 3.58. The van der Waals surface area contributed by atoms with Gasteiger partial charge in [-0.25, -0.2) is 8.78 Å². The van der Waals surface area contributed by atoms with Crippen molar-refractivity contribution in [3.63, 3.8) is 0 Å². The molecule has 90 valence electrons. The lowest BCUT2D eigenvalue weighted by atomic mass is 10.2. The van der Waals surface area contributed by atoms with Gasteiger partial charge in [0, 0.05) is 0 Å². The zero-order valence-corrected chi connectivity index (χ0v) is 10.5. The van der Waals surface area contributed by atoms with Gasteiger partial charge in [-0.15, -0.1) is 0 Å². The van der Waals surface area contributed by atoms with Crippen molar-refractivity contribution in [2.45, 2.75) is 0 Å². The molecule has 0 saturated heterocycles. The molecule has 0 bridgehead atoms. The smallest absolute Gasteiger partial charge is 0.181 e. The van der Waals surface area contributed by atoms with Crippen molar-refractivity contribution in [2.24, 2.45) is 0 Å². The predicted octanol–water partition coefficient (Wildman–Crippen LogP) is 4.39. The van der Waals surface area contributed by atoms with E-state index in [4.69, 9.17) is 10.00 Å². The minimum atomic E-state index is -0.668. The molecule has 2 aromatic rings. The lowest BCUT2D eigenvalue weighted by Crippen LogP contribution is -1.91. The van der Waals surface area contributed by atoms with Crippen molar-refractivity contribution >= 4 is 15.9 Å². The number of nitrogens with zero attached hydrogens (tertiary/aromatic N) is 1. The van der Waals surface area contributed by atoms with Crippen molar-refractivity contribution in [3.05, 3.63) is 58.1 Å². The van der Waals surface area contributed by atoms with E-state index in [2.05, 4.69) is 15.9 Å². The van der Waals surface area contributed by atoms with Gasteiger partial charge in [-0.3, -0.25) is 0 Å². The Morgan fingerprint density at radius 2 is 1.72 bits per heavy atom. The van der Waals surface area contributed by atoms with Crippen LogP contribution in [0.5, 0.6) is 11.5 Å². The predicted molar refractivity (Wildman–Crippen MR) is 65.3 cm³/mol. The van der Waals surface area contributed by atoms with Crippen LogP contribution in [0.25, 0.3) is 0 Å². The number of nitriles is 1. The summed E-state index contributed by atoms with van der Waals surface area (Å²) >= 11 is 2.98. The first kappa shape index (κ1) is 12.5. The van der Waals surface area contributed by atoms with Crippen LogP contribution in [0.15, 0.2) is 40.9 Å². The third-order valence-corrected chi connectivity index (χ3v) is 2.98. The molecule has 0 heterocycles. The Bertz CT molecular complexity index is 620. The summed E-state index contributed by atoms with van der Waals surface area (Å²) in [6.45, 7) is 0. The van der Waals surface area contributed by atoms with E-state index in [0.717, 1.165) is 0 Å². The van der Waals surface area contributed by atoms with Gasteiger partial charge in [-0.2, -0.15) is 5.26 Å². The highest BCUT2D eigenvalue weighted by molar-refractivity contribution is 9.10. The standard InChI is InChI=1S/C13H6BrF2NO/c14-12-8(7-17)1-6-11(13(12)16)18-10-4-2-9(15)3-5-10/h1-6H. The summed E-state index contributed by atoms with van der Waals surface area (Å²) in [7, 11) is 0. The SMILES string of the molecule is N#Cc1ccc(Oc2ccc(F)cc2)c(F)c1Br. The molecule has 0 atom stereocenters. The molecule has 0 fully saturated rings. The van der Waals surface area contributed by atoms with Crippen molar-refractivity contribution in [1.29, 1.82) is 5.26 Å². The number of benzene rings is 2. The Balaban J connectivity index is 2.33. The van der Waals surface area contributed by atoms with Crippen LogP contribution >= 0.6 is 15.9 Å². The molecule has 0 unspecified atom stereocenters. The van der Waals surface area contributed by atoms with Gasteiger partial charge in [0.15, 0.2) is 11.6 Å². The van der Waals surface area contributed by atoms with Crippen LogP contribution in [0.1, 0.15) is 5.56 Å². The van der Waals surface area contributed by atoms with E-state index in [1.165, 1.54) is 36.4 Å². The number of hydrogen-bond acceptors (Lipinski definition) is 2. The molecule has 2 aromatic carbocycles. The van der Waals surface area contributed by atoms with Crippen molar-refractivity contribution < 1.29 is 13.5 Å². The first-order chi connectivity index (χ1) is 8.61. The summed E-state index contributed by atoms with van der Waals surface area (Å²) in [5.41, 5.74) is 0.180. The summed E-state index contributed by atoms with van der Waals surface area (Å²) in [6, 6.07) is 9.84. The molecule has 18 heavy (non-hydrogen) atoms. The van der Waals surface area contributed by atoms with Crippen LogP contribution in [0, 0.1) is 23.0 Å². The van der Waals surface area contributed by atoms with Gasteiger partial charge in [0.2, 0.25) is 0 Å². The van der Waals surface area contributed by atoms with Gasteiger partial charge in [0.05, 0.1) is 10.0 Å². The average molecular weight is 310 g/mol. The fourth-order valence-corrected chi connectivity index (χ4v) is 1.74. The van der Waals surface area contributed by atoms with Gasteiger partial charge in [-0.1, -0.05) is 0 Å². The van der Waals surface area contributed by atoms with Gasteiger partial charge < -0.3 is 4.74 Å². The zero-order chi connectivity index (χ0) is 13.1. The van der Waals surface area contributed by atoms with Crippen LogP contribution in [-0.4, -0.2) is 0 Å². The van der Waals surface area contributed by atoms with Crippen LogP contribution in [0.3, 0.4) is 0 Å². The Labute approximate surface area is 111 Å². The molecule has 0 N–H and O–H groups in total. The maximum atomic E-state index is 13.8. The molecule has 2 rings (SSSR count). The first-order valence-corrected chi connectivity index (χ1v) is 5.72. The molecule has 0 radical (unpaired) electrons. The second kappa shape index (κ2) is 5.15. The van der Waals surface area contributed by atoms with E-state index >= 15 is 0 Å². The summed E-state index contributed by atoms with van der Waals surface area (Å²) in [4.78, 5) is 0. The largest absolute Gasteiger partial charge is 0.454 e. The number of halogens is 3. The van der Waals surface area contributed by atoms with E-state index in [1.807, 2.05) is 6.07 Å². The first-order valence-electron chi connectivity index (χ1n) is 4.93. The second-order valence-electron chi connectivity index (χ2n) is 3.41. The minimum Gasteiger partial charge on any atom is -0.454 e. The molecular formula is C13H6BrF2NO. The van der Waals surface area contributed by atoms with Crippen molar-refractivity contribution in [1.82, 2.24) is 0 Å². The fraction of sp³-hybridized carbons (Fsp3) is 0.